The zero-order valence-electron chi connectivity index (χ0n) is 17.7. The van der Waals surface area contributed by atoms with Gasteiger partial charge >= 0.3 is 12.3 Å². The van der Waals surface area contributed by atoms with Crippen LogP contribution in [0.5, 0.6) is 5.75 Å². The Kier molecular flexibility index (Phi) is 7.67. The monoisotopic (exact) mass is 432 g/mol. The Bertz CT molecular complexity index is 639. The van der Waals surface area contributed by atoms with Crippen LogP contribution in [-0.2, 0) is 0 Å². The van der Waals surface area contributed by atoms with Crippen molar-refractivity contribution in [3.63, 3.8) is 0 Å². The smallest absolute Gasteiger partial charge is 0.426 e. The molecule has 30 heavy (non-hydrogen) atoms. The molecule has 0 amide bonds. The van der Waals surface area contributed by atoms with Gasteiger partial charge in [-0.15, -0.1) is 0 Å². The lowest BCUT2D eigenvalue weighted by atomic mass is 9.68. The van der Waals surface area contributed by atoms with Crippen molar-refractivity contribution < 1.29 is 26.7 Å². The standard InChI is InChI=1S/C24H33F5O/c1-2-3-4-17-5-7-18(8-6-17)19-9-11-20(12-10-19)21-13-15-22(16-14-21)30-24(28,29)23(25,26)27/h13-20H,2-12H2,1H3/t17-,18-,19-,20-. The van der Waals surface area contributed by atoms with Crippen molar-refractivity contribution in [3.8, 4) is 5.75 Å². The molecule has 1 aromatic carbocycles. The van der Waals surface area contributed by atoms with Crippen LogP contribution in [0, 0.1) is 17.8 Å². The van der Waals surface area contributed by atoms with Crippen LogP contribution >= 0.6 is 0 Å². The molecule has 2 saturated carbocycles. The van der Waals surface area contributed by atoms with Crippen LogP contribution < -0.4 is 4.74 Å². The van der Waals surface area contributed by atoms with E-state index >= 15 is 0 Å². The van der Waals surface area contributed by atoms with Gasteiger partial charge in [-0.1, -0.05) is 51.2 Å². The maximum atomic E-state index is 13.0. The molecular formula is C24H33F5O. The molecule has 1 nitrogen and oxygen atoms in total. The molecular weight excluding hydrogens is 399 g/mol. The SMILES string of the molecule is CCCC[C@H]1CC[C@H]([C@H]2CC[C@H](c3ccc(OC(F)(F)C(F)(F)F)cc3)CC2)CC1. The first-order valence-corrected chi connectivity index (χ1v) is 11.4. The van der Waals surface area contributed by atoms with Crippen molar-refractivity contribution in [2.75, 3.05) is 0 Å². The summed E-state index contributed by atoms with van der Waals surface area (Å²) in [6, 6.07) is 5.70. The third-order valence-electron chi connectivity index (χ3n) is 7.22. The van der Waals surface area contributed by atoms with Crippen LogP contribution in [0.3, 0.4) is 0 Å². The van der Waals surface area contributed by atoms with Gasteiger partial charge in [-0.3, -0.25) is 0 Å². The van der Waals surface area contributed by atoms with Crippen molar-refractivity contribution in [3.05, 3.63) is 29.8 Å². The lowest BCUT2D eigenvalue weighted by Crippen LogP contribution is -2.41. The van der Waals surface area contributed by atoms with Crippen LogP contribution in [0.15, 0.2) is 24.3 Å². The second-order valence-corrected chi connectivity index (χ2v) is 9.22. The molecule has 0 aliphatic heterocycles. The molecule has 0 spiro atoms. The van der Waals surface area contributed by atoms with Gasteiger partial charge in [-0.2, -0.15) is 22.0 Å². The lowest BCUT2D eigenvalue weighted by Gasteiger charge is -2.38. The molecule has 0 bridgehead atoms. The van der Waals surface area contributed by atoms with Gasteiger partial charge in [0, 0.05) is 0 Å². The second-order valence-electron chi connectivity index (χ2n) is 9.22. The van der Waals surface area contributed by atoms with Gasteiger partial charge in [0.25, 0.3) is 0 Å². The van der Waals surface area contributed by atoms with E-state index in [0.29, 0.717) is 5.92 Å². The van der Waals surface area contributed by atoms with E-state index in [1.165, 1.54) is 69.9 Å². The minimum absolute atomic E-state index is 0.347. The number of benzene rings is 1. The highest BCUT2D eigenvalue weighted by Gasteiger charge is 2.61. The van der Waals surface area contributed by atoms with E-state index < -0.39 is 18.0 Å². The number of hydrogen-bond donors (Lipinski definition) is 0. The van der Waals surface area contributed by atoms with Crippen molar-refractivity contribution in [1.29, 1.82) is 0 Å². The number of unbranched alkanes of at least 4 members (excludes halogenated alkanes) is 1. The van der Waals surface area contributed by atoms with E-state index in [1.807, 2.05) is 0 Å². The van der Waals surface area contributed by atoms with Crippen LogP contribution in [0.2, 0.25) is 0 Å². The summed E-state index contributed by atoms with van der Waals surface area (Å²) in [6.45, 7) is 2.25. The highest BCUT2D eigenvalue weighted by atomic mass is 19.4. The van der Waals surface area contributed by atoms with Crippen molar-refractivity contribution >= 4 is 0 Å². The summed E-state index contributed by atoms with van der Waals surface area (Å²) >= 11 is 0. The van der Waals surface area contributed by atoms with E-state index in [0.717, 1.165) is 36.2 Å². The molecule has 2 fully saturated rings. The average Bonchev–Trinajstić information content (AvgIpc) is 2.72. The van der Waals surface area contributed by atoms with Crippen LogP contribution in [0.4, 0.5) is 22.0 Å². The van der Waals surface area contributed by atoms with E-state index in [-0.39, 0.29) is 0 Å². The van der Waals surface area contributed by atoms with Gasteiger partial charge in [0.1, 0.15) is 5.75 Å². The van der Waals surface area contributed by atoms with E-state index in [9.17, 15) is 22.0 Å². The molecule has 6 heteroatoms. The summed E-state index contributed by atoms with van der Waals surface area (Å²) < 4.78 is 66.8. The number of hydrogen-bond acceptors (Lipinski definition) is 1. The third-order valence-corrected chi connectivity index (χ3v) is 7.22. The van der Waals surface area contributed by atoms with Gasteiger partial charge in [-0.25, -0.2) is 0 Å². The van der Waals surface area contributed by atoms with Gasteiger partial charge < -0.3 is 4.74 Å². The van der Waals surface area contributed by atoms with E-state index in [4.69, 9.17) is 0 Å². The summed E-state index contributed by atoms with van der Waals surface area (Å²) in [6.07, 6.45) is 3.01. The fourth-order valence-corrected chi connectivity index (χ4v) is 5.38. The van der Waals surface area contributed by atoms with Crippen molar-refractivity contribution in [1.82, 2.24) is 0 Å². The topological polar surface area (TPSA) is 9.23 Å². The highest BCUT2D eigenvalue weighted by Crippen LogP contribution is 2.45. The zero-order chi connectivity index (χ0) is 21.8. The molecule has 0 atom stereocenters. The molecule has 0 N–H and O–H groups in total. The van der Waals surface area contributed by atoms with Crippen molar-refractivity contribution in [2.24, 2.45) is 17.8 Å². The Hall–Kier alpha value is -1.33. The fraction of sp³-hybridized carbons (Fsp3) is 0.750. The number of rotatable bonds is 7. The zero-order valence-corrected chi connectivity index (χ0v) is 17.7. The number of alkyl halides is 5. The average molecular weight is 433 g/mol. The summed E-state index contributed by atoms with van der Waals surface area (Å²) in [5.74, 6) is 2.42. The quantitative estimate of drug-likeness (QED) is 0.393. The first-order valence-electron chi connectivity index (χ1n) is 11.4. The molecule has 0 aromatic heterocycles. The third kappa shape index (κ3) is 5.88. The molecule has 0 heterocycles. The van der Waals surface area contributed by atoms with Crippen LogP contribution in [0.25, 0.3) is 0 Å². The number of ether oxygens (including phenoxy) is 1. The minimum Gasteiger partial charge on any atom is -0.426 e. The maximum Gasteiger partial charge on any atom is 0.499 e. The second kappa shape index (κ2) is 9.86. The van der Waals surface area contributed by atoms with Gasteiger partial charge in [0.05, 0.1) is 0 Å². The molecule has 1 aromatic rings. The largest absolute Gasteiger partial charge is 0.499 e. The van der Waals surface area contributed by atoms with Crippen molar-refractivity contribution in [2.45, 2.75) is 95.8 Å². The molecule has 0 radical (unpaired) electrons. The summed E-state index contributed by atoms with van der Waals surface area (Å²) in [7, 11) is 0. The predicted molar refractivity (Wildman–Crippen MR) is 108 cm³/mol. The predicted octanol–water partition coefficient (Wildman–Crippen LogP) is 8.49. The first-order chi connectivity index (χ1) is 14.2. The first kappa shape index (κ1) is 23.3. The Morgan fingerprint density at radius 1 is 0.800 bits per heavy atom. The highest BCUT2D eigenvalue weighted by molar-refractivity contribution is 5.30. The Morgan fingerprint density at radius 2 is 1.33 bits per heavy atom. The fourth-order valence-electron chi connectivity index (χ4n) is 5.38. The lowest BCUT2D eigenvalue weighted by molar-refractivity contribution is -0.360. The van der Waals surface area contributed by atoms with Gasteiger partial charge in [-0.05, 0) is 79.9 Å². The summed E-state index contributed by atoms with van der Waals surface area (Å²) in [5.41, 5.74) is 0.999. The molecule has 170 valence electrons. The summed E-state index contributed by atoms with van der Waals surface area (Å²) in [4.78, 5) is 0. The normalized spacial score (nSPS) is 28.3. The minimum atomic E-state index is -5.72. The summed E-state index contributed by atoms with van der Waals surface area (Å²) in [5, 5.41) is 0. The molecule has 3 rings (SSSR count). The Morgan fingerprint density at radius 3 is 1.83 bits per heavy atom. The van der Waals surface area contributed by atoms with Gasteiger partial charge in [0.15, 0.2) is 0 Å². The molecule has 2 aliphatic rings. The Labute approximate surface area is 176 Å². The van der Waals surface area contributed by atoms with Gasteiger partial charge in [0.2, 0.25) is 0 Å². The maximum absolute atomic E-state index is 13.0. The molecule has 0 saturated heterocycles. The number of halogens is 5. The van der Waals surface area contributed by atoms with Crippen LogP contribution in [-0.4, -0.2) is 12.3 Å². The molecule has 0 unspecified atom stereocenters. The van der Waals surface area contributed by atoms with E-state index in [1.54, 1.807) is 12.1 Å². The van der Waals surface area contributed by atoms with Crippen LogP contribution in [0.1, 0.15) is 89.0 Å². The molecule has 2 aliphatic carbocycles. The van der Waals surface area contributed by atoms with E-state index in [2.05, 4.69) is 11.7 Å². The Balaban J connectivity index is 1.46.